The monoisotopic (exact) mass is 479 g/mol. The molecule has 1 atom stereocenters. The molecule has 1 aromatic rings. The fraction of sp³-hybridized carbons (Fsp3) is 0.571. The van der Waals surface area contributed by atoms with Gasteiger partial charge in [-0.05, 0) is 50.6 Å². The molecule has 2 saturated heterocycles. The summed E-state index contributed by atoms with van der Waals surface area (Å²) in [6, 6.07) is 7.50. The van der Waals surface area contributed by atoms with E-state index in [4.69, 9.17) is 0 Å². The molecule has 2 N–H and O–H groups in total. The number of benzene rings is 1. The molecule has 0 radical (unpaired) electrons. The molecule has 30 heavy (non-hydrogen) atoms. The van der Waals surface area contributed by atoms with Crippen molar-refractivity contribution in [1.29, 1.82) is 0 Å². The maximum atomic E-state index is 12.4. The molecule has 2 fully saturated rings. The van der Waals surface area contributed by atoms with Crippen LogP contribution in [0.3, 0.4) is 0 Å². The Morgan fingerprint density at radius 2 is 1.90 bits per heavy atom. The molecule has 164 valence electrons. The minimum atomic E-state index is -0.314. The van der Waals surface area contributed by atoms with Crippen LogP contribution in [0.5, 0.6) is 0 Å². The van der Waals surface area contributed by atoms with Gasteiger partial charge >= 0.3 is 6.03 Å². The first-order valence-electron chi connectivity index (χ1n) is 10.5. The van der Waals surface area contributed by atoms with E-state index in [-0.39, 0.29) is 30.9 Å². The quantitative estimate of drug-likeness (QED) is 0.654. The van der Waals surface area contributed by atoms with E-state index < -0.39 is 0 Å². The molecule has 2 aliphatic rings. The minimum absolute atomic E-state index is 0.0269. The maximum Gasteiger partial charge on any atom is 0.322 e. The molecule has 4 amide bonds. The third kappa shape index (κ3) is 6.43. The zero-order valence-electron chi connectivity index (χ0n) is 17.4. The van der Waals surface area contributed by atoms with E-state index in [9.17, 15) is 14.4 Å². The second-order valence-corrected chi connectivity index (χ2v) is 8.82. The number of piperazine rings is 1. The summed E-state index contributed by atoms with van der Waals surface area (Å²) >= 11 is 3.35. The predicted molar refractivity (Wildman–Crippen MR) is 119 cm³/mol. The number of nitrogens with zero attached hydrogens (tertiary/aromatic N) is 3. The van der Waals surface area contributed by atoms with Crippen molar-refractivity contribution in [3.8, 4) is 0 Å². The van der Waals surface area contributed by atoms with Gasteiger partial charge in [-0.25, -0.2) is 4.79 Å². The van der Waals surface area contributed by atoms with E-state index in [1.807, 2.05) is 12.1 Å². The molecule has 1 aromatic carbocycles. The summed E-state index contributed by atoms with van der Waals surface area (Å²) in [6.07, 6.45) is 3.70. The summed E-state index contributed by atoms with van der Waals surface area (Å²) in [5, 5.41) is 5.71. The molecule has 2 aliphatic heterocycles. The summed E-state index contributed by atoms with van der Waals surface area (Å²) in [5.41, 5.74) is 0.667. The molecule has 0 unspecified atom stereocenters. The standard InChI is InChI=1S/C21H30BrN5O3/c1-16-4-2-3-10-25(16)11-9-23-19(28)14-26-12-13-27(15-20(26)29)21(30)24-18-7-5-17(22)6-8-18/h5-8,16H,2-4,9-15H2,1H3,(H,23,28)(H,24,30)/t16-/m0/s1. The highest BCUT2D eigenvalue weighted by atomic mass is 79.9. The van der Waals surface area contributed by atoms with Gasteiger partial charge in [0.05, 0.1) is 6.54 Å². The number of anilines is 1. The number of amides is 4. The summed E-state index contributed by atoms with van der Waals surface area (Å²) in [5.74, 6) is -0.368. The van der Waals surface area contributed by atoms with E-state index in [0.29, 0.717) is 31.4 Å². The number of nitrogens with one attached hydrogen (secondary N) is 2. The number of rotatable bonds is 6. The largest absolute Gasteiger partial charge is 0.353 e. The SMILES string of the molecule is C[C@H]1CCCCN1CCNC(=O)CN1CCN(C(=O)Nc2ccc(Br)cc2)CC1=O. The molecule has 0 aromatic heterocycles. The first-order chi connectivity index (χ1) is 14.4. The first-order valence-corrected chi connectivity index (χ1v) is 11.3. The molecular formula is C21H30BrN5O3. The summed E-state index contributed by atoms with van der Waals surface area (Å²) in [7, 11) is 0. The Morgan fingerprint density at radius 1 is 1.13 bits per heavy atom. The Balaban J connectivity index is 1.38. The van der Waals surface area contributed by atoms with E-state index in [1.165, 1.54) is 29.1 Å². The second kappa shape index (κ2) is 10.8. The van der Waals surface area contributed by atoms with Crippen LogP contribution in [0.2, 0.25) is 0 Å². The number of carbonyl (C=O) groups excluding carboxylic acids is 3. The van der Waals surface area contributed by atoms with E-state index >= 15 is 0 Å². The summed E-state index contributed by atoms with van der Waals surface area (Å²) in [4.78, 5) is 42.4. The third-order valence-corrected chi connectivity index (χ3v) is 6.23. The van der Waals surface area contributed by atoms with Crippen molar-refractivity contribution >= 4 is 39.5 Å². The van der Waals surface area contributed by atoms with Crippen molar-refractivity contribution in [2.24, 2.45) is 0 Å². The van der Waals surface area contributed by atoms with Crippen LogP contribution in [0, 0.1) is 0 Å². The number of hydrogen-bond acceptors (Lipinski definition) is 4. The van der Waals surface area contributed by atoms with Crippen LogP contribution in [0.15, 0.2) is 28.7 Å². The molecular weight excluding hydrogens is 450 g/mol. The molecule has 0 saturated carbocycles. The Morgan fingerprint density at radius 3 is 2.60 bits per heavy atom. The number of urea groups is 1. The zero-order chi connectivity index (χ0) is 21.5. The molecule has 3 rings (SSSR count). The lowest BCUT2D eigenvalue weighted by molar-refractivity contribution is -0.139. The lowest BCUT2D eigenvalue weighted by Gasteiger charge is -2.34. The van der Waals surface area contributed by atoms with Crippen molar-refractivity contribution in [3.05, 3.63) is 28.7 Å². The molecule has 2 heterocycles. The number of piperidine rings is 1. The van der Waals surface area contributed by atoms with Gasteiger partial charge in [0.25, 0.3) is 0 Å². The topological polar surface area (TPSA) is 85.0 Å². The van der Waals surface area contributed by atoms with Crippen molar-refractivity contribution in [2.75, 3.05) is 51.1 Å². The molecule has 0 aliphatic carbocycles. The van der Waals surface area contributed by atoms with E-state index in [2.05, 4.69) is 38.4 Å². The summed E-state index contributed by atoms with van der Waals surface area (Å²) < 4.78 is 0.924. The number of hydrogen-bond donors (Lipinski definition) is 2. The van der Waals surface area contributed by atoms with Crippen molar-refractivity contribution in [3.63, 3.8) is 0 Å². The van der Waals surface area contributed by atoms with Crippen LogP contribution in [-0.2, 0) is 9.59 Å². The molecule has 0 spiro atoms. The van der Waals surface area contributed by atoms with Gasteiger partial charge in [0, 0.05) is 42.4 Å². The van der Waals surface area contributed by atoms with Gasteiger partial charge in [0.2, 0.25) is 11.8 Å². The predicted octanol–water partition coefficient (Wildman–Crippen LogP) is 2.12. The van der Waals surface area contributed by atoms with Crippen LogP contribution in [0.25, 0.3) is 0 Å². The van der Waals surface area contributed by atoms with Gasteiger partial charge in [0.15, 0.2) is 0 Å². The van der Waals surface area contributed by atoms with Crippen molar-refractivity contribution in [2.45, 2.75) is 32.2 Å². The average Bonchev–Trinajstić information content (AvgIpc) is 2.72. The zero-order valence-corrected chi connectivity index (χ0v) is 19.0. The van der Waals surface area contributed by atoms with Crippen LogP contribution in [-0.4, -0.2) is 84.4 Å². The van der Waals surface area contributed by atoms with Gasteiger partial charge in [-0.15, -0.1) is 0 Å². The van der Waals surface area contributed by atoms with Gasteiger partial charge in [-0.2, -0.15) is 0 Å². The highest BCUT2D eigenvalue weighted by Crippen LogP contribution is 2.16. The molecule has 9 heteroatoms. The number of likely N-dealkylation sites (tertiary alicyclic amines) is 1. The Bertz CT molecular complexity index is 758. The number of carbonyl (C=O) groups is 3. The highest BCUT2D eigenvalue weighted by molar-refractivity contribution is 9.10. The minimum Gasteiger partial charge on any atom is -0.353 e. The normalized spacial score (nSPS) is 20.2. The van der Waals surface area contributed by atoms with Crippen LogP contribution in [0.4, 0.5) is 10.5 Å². The lowest BCUT2D eigenvalue weighted by atomic mass is 10.0. The Kier molecular flexibility index (Phi) is 8.09. The maximum absolute atomic E-state index is 12.4. The van der Waals surface area contributed by atoms with Gasteiger partial charge < -0.3 is 20.4 Å². The van der Waals surface area contributed by atoms with E-state index in [1.54, 1.807) is 12.1 Å². The van der Waals surface area contributed by atoms with Crippen molar-refractivity contribution < 1.29 is 14.4 Å². The fourth-order valence-corrected chi connectivity index (χ4v) is 4.11. The van der Waals surface area contributed by atoms with Gasteiger partial charge in [-0.1, -0.05) is 22.4 Å². The number of halogens is 1. The Labute approximate surface area is 186 Å². The smallest absolute Gasteiger partial charge is 0.322 e. The van der Waals surface area contributed by atoms with Crippen LogP contribution < -0.4 is 10.6 Å². The summed E-state index contributed by atoms with van der Waals surface area (Å²) in [6.45, 7) is 5.50. The fourth-order valence-electron chi connectivity index (χ4n) is 3.84. The Hall–Kier alpha value is -2.13. The van der Waals surface area contributed by atoms with Crippen LogP contribution >= 0.6 is 15.9 Å². The van der Waals surface area contributed by atoms with E-state index in [0.717, 1.165) is 17.6 Å². The molecule has 0 bridgehead atoms. The van der Waals surface area contributed by atoms with Crippen LogP contribution in [0.1, 0.15) is 26.2 Å². The average molecular weight is 480 g/mol. The third-order valence-electron chi connectivity index (χ3n) is 5.70. The van der Waals surface area contributed by atoms with Gasteiger partial charge in [-0.3, -0.25) is 14.5 Å². The highest BCUT2D eigenvalue weighted by Gasteiger charge is 2.28. The first kappa shape index (κ1) is 22.6. The molecule has 8 nitrogen and oxygen atoms in total. The van der Waals surface area contributed by atoms with Gasteiger partial charge in [0.1, 0.15) is 6.54 Å². The second-order valence-electron chi connectivity index (χ2n) is 7.90. The van der Waals surface area contributed by atoms with Crippen molar-refractivity contribution in [1.82, 2.24) is 20.0 Å². The lowest BCUT2D eigenvalue weighted by Crippen LogP contribution is -2.55.